The number of likely N-dealkylation sites (N-methyl/N-ethyl adjacent to an activating group) is 1. The van der Waals surface area contributed by atoms with Crippen LogP contribution in [0.25, 0.3) is 0 Å². The minimum absolute atomic E-state index is 0.0428. The zero-order valence-corrected chi connectivity index (χ0v) is 13.5. The van der Waals surface area contributed by atoms with Crippen molar-refractivity contribution in [3.8, 4) is 0 Å². The molecule has 0 radical (unpaired) electrons. The van der Waals surface area contributed by atoms with Gasteiger partial charge in [0.05, 0.1) is 0 Å². The summed E-state index contributed by atoms with van der Waals surface area (Å²) in [6.45, 7) is 4.91. The Morgan fingerprint density at radius 3 is 2.95 bits per heavy atom. The minimum atomic E-state index is -0.0428. The Balaban J connectivity index is 2.05. The number of anilines is 1. The fourth-order valence-electron chi connectivity index (χ4n) is 2.10. The average Bonchev–Trinajstić information content (AvgIpc) is 2.99. The van der Waals surface area contributed by atoms with Crippen LogP contribution in [-0.4, -0.2) is 35.4 Å². The van der Waals surface area contributed by atoms with Gasteiger partial charge in [0, 0.05) is 42.8 Å². The van der Waals surface area contributed by atoms with Gasteiger partial charge in [0.15, 0.2) is 0 Å². The summed E-state index contributed by atoms with van der Waals surface area (Å²) >= 11 is 1.72. The van der Waals surface area contributed by atoms with Crippen molar-refractivity contribution in [1.82, 2.24) is 9.88 Å². The van der Waals surface area contributed by atoms with Crippen molar-refractivity contribution < 1.29 is 4.79 Å². The maximum Gasteiger partial charge on any atom is 0.272 e. The number of carbonyl (C=O) groups excluding carboxylic acids is 1. The quantitative estimate of drug-likeness (QED) is 0.891. The molecule has 2 heterocycles. The number of thiophene rings is 1. The molecule has 0 spiro atoms. The number of aromatic nitrogens is 1. The first-order chi connectivity index (χ1) is 10.1. The van der Waals surface area contributed by atoms with Gasteiger partial charge in [0.2, 0.25) is 0 Å². The summed E-state index contributed by atoms with van der Waals surface area (Å²) < 4.78 is 0. The molecule has 2 aromatic rings. The summed E-state index contributed by atoms with van der Waals surface area (Å²) in [7, 11) is 1.84. The predicted octanol–water partition coefficient (Wildman–Crippen LogP) is 3.28. The van der Waals surface area contributed by atoms with Gasteiger partial charge < -0.3 is 10.2 Å². The van der Waals surface area contributed by atoms with Crippen LogP contribution in [0.3, 0.4) is 0 Å². The highest BCUT2D eigenvalue weighted by atomic mass is 32.1. The third-order valence-electron chi connectivity index (χ3n) is 3.42. The molecule has 112 valence electrons. The van der Waals surface area contributed by atoms with Crippen molar-refractivity contribution in [3.05, 3.63) is 46.4 Å². The second kappa shape index (κ2) is 7.22. The van der Waals surface area contributed by atoms with Gasteiger partial charge >= 0.3 is 0 Å². The summed E-state index contributed by atoms with van der Waals surface area (Å²) in [6, 6.07) is 7.95. The van der Waals surface area contributed by atoms with Crippen LogP contribution < -0.4 is 5.32 Å². The Hall–Kier alpha value is -1.88. The largest absolute Gasteiger partial charge is 0.385 e. The van der Waals surface area contributed by atoms with Crippen molar-refractivity contribution in [2.75, 3.05) is 18.9 Å². The van der Waals surface area contributed by atoms with Crippen LogP contribution >= 0.6 is 11.3 Å². The van der Waals surface area contributed by atoms with Gasteiger partial charge in [-0.05, 0) is 37.4 Å². The average molecular weight is 303 g/mol. The summed E-state index contributed by atoms with van der Waals surface area (Å²) in [5.41, 5.74) is 1.41. The molecule has 2 aromatic heterocycles. The molecule has 0 aliphatic carbocycles. The topological polar surface area (TPSA) is 45.2 Å². The summed E-state index contributed by atoms with van der Waals surface area (Å²) in [5, 5.41) is 5.26. The van der Waals surface area contributed by atoms with Crippen LogP contribution in [0.2, 0.25) is 0 Å². The van der Waals surface area contributed by atoms with Crippen LogP contribution in [-0.2, 0) is 6.42 Å². The Labute approximate surface area is 129 Å². The smallest absolute Gasteiger partial charge is 0.272 e. The highest BCUT2D eigenvalue weighted by molar-refractivity contribution is 7.09. The molecule has 0 saturated carbocycles. The predicted molar refractivity (Wildman–Crippen MR) is 88.0 cm³/mol. The molecule has 1 atom stereocenters. The fourth-order valence-corrected chi connectivity index (χ4v) is 2.93. The first kappa shape index (κ1) is 15.5. The van der Waals surface area contributed by atoms with Gasteiger partial charge in [0.25, 0.3) is 5.91 Å². The van der Waals surface area contributed by atoms with Crippen LogP contribution in [0, 0.1) is 0 Å². The van der Waals surface area contributed by atoms with E-state index in [2.05, 4.69) is 28.7 Å². The maximum absolute atomic E-state index is 12.5. The van der Waals surface area contributed by atoms with Gasteiger partial charge in [-0.15, -0.1) is 11.3 Å². The van der Waals surface area contributed by atoms with E-state index in [1.54, 1.807) is 28.5 Å². The van der Waals surface area contributed by atoms with E-state index >= 15 is 0 Å². The van der Waals surface area contributed by atoms with Gasteiger partial charge in [-0.1, -0.05) is 6.07 Å². The van der Waals surface area contributed by atoms with Crippen molar-refractivity contribution in [2.45, 2.75) is 26.3 Å². The highest BCUT2D eigenvalue weighted by Crippen LogP contribution is 2.16. The second-order valence-corrected chi connectivity index (χ2v) is 6.04. The Morgan fingerprint density at radius 2 is 2.29 bits per heavy atom. The molecule has 0 saturated heterocycles. The molecule has 0 aliphatic rings. The molecule has 0 bridgehead atoms. The lowest BCUT2D eigenvalue weighted by molar-refractivity contribution is 0.0738. The first-order valence-corrected chi connectivity index (χ1v) is 7.99. The fraction of sp³-hybridized carbons (Fsp3) is 0.375. The lowest BCUT2D eigenvalue weighted by atomic mass is 10.1. The second-order valence-electron chi connectivity index (χ2n) is 5.01. The molecule has 1 amide bonds. The van der Waals surface area contributed by atoms with Gasteiger partial charge in [-0.2, -0.15) is 0 Å². The number of nitrogens with one attached hydrogen (secondary N) is 1. The third kappa shape index (κ3) is 4.04. The van der Waals surface area contributed by atoms with Crippen molar-refractivity contribution in [3.63, 3.8) is 0 Å². The van der Waals surface area contributed by atoms with Crippen molar-refractivity contribution >= 4 is 22.9 Å². The van der Waals surface area contributed by atoms with E-state index in [0.717, 1.165) is 18.7 Å². The van der Waals surface area contributed by atoms with Gasteiger partial charge in [-0.25, -0.2) is 0 Å². The van der Waals surface area contributed by atoms with Crippen molar-refractivity contribution in [1.29, 1.82) is 0 Å². The number of rotatable bonds is 6. The minimum Gasteiger partial charge on any atom is -0.385 e. The van der Waals surface area contributed by atoms with E-state index < -0.39 is 0 Å². The molecular formula is C16H21N3OS. The van der Waals surface area contributed by atoms with Crippen LogP contribution in [0.4, 0.5) is 5.69 Å². The lowest BCUT2D eigenvalue weighted by Crippen LogP contribution is -2.36. The third-order valence-corrected chi connectivity index (χ3v) is 4.32. The number of nitrogens with zero attached hydrogens (tertiary/aromatic N) is 2. The molecule has 0 fully saturated rings. The summed E-state index contributed by atoms with van der Waals surface area (Å²) in [4.78, 5) is 19.8. The number of pyridine rings is 1. The molecule has 5 heteroatoms. The number of hydrogen-bond acceptors (Lipinski definition) is 4. The normalized spacial score (nSPS) is 12.0. The number of carbonyl (C=O) groups is 1. The van der Waals surface area contributed by atoms with Crippen molar-refractivity contribution in [2.24, 2.45) is 0 Å². The number of amides is 1. The molecule has 0 aromatic carbocycles. The van der Waals surface area contributed by atoms with Gasteiger partial charge in [0.1, 0.15) is 5.69 Å². The molecule has 2 rings (SSSR count). The van der Waals surface area contributed by atoms with Crippen LogP contribution in [0.1, 0.15) is 29.2 Å². The molecule has 1 unspecified atom stereocenters. The zero-order chi connectivity index (χ0) is 15.2. The van der Waals surface area contributed by atoms with E-state index in [1.807, 2.05) is 26.1 Å². The zero-order valence-electron chi connectivity index (χ0n) is 12.7. The molecule has 4 nitrogen and oxygen atoms in total. The van der Waals surface area contributed by atoms with E-state index in [-0.39, 0.29) is 11.9 Å². The van der Waals surface area contributed by atoms with E-state index in [0.29, 0.717) is 5.69 Å². The standard InChI is InChI=1S/C16H21N3OS/c1-4-17-13-7-8-18-15(11-13)16(20)19(3)12(2)10-14-6-5-9-21-14/h5-9,11-12H,4,10H2,1-3H3,(H,17,18). The Bertz CT molecular complexity index is 583. The van der Waals surface area contributed by atoms with Crippen LogP contribution in [0.5, 0.6) is 0 Å². The SMILES string of the molecule is CCNc1ccnc(C(=O)N(C)C(C)Cc2cccs2)c1. The highest BCUT2D eigenvalue weighted by Gasteiger charge is 2.19. The molecule has 21 heavy (non-hydrogen) atoms. The summed E-state index contributed by atoms with van der Waals surface area (Å²) in [5.74, 6) is -0.0428. The monoisotopic (exact) mass is 303 g/mol. The summed E-state index contributed by atoms with van der Waals surface area (Å²) in [6.07, 6.45) is 2.54. The van der Waals surface area contributed by atoms with Crippen LogP contribution in [0.15, 0.2) is 35.8 Å². The lowest BCUT2D eigenvalue weighted by Gasteiger charge is -2.24. The Kier molecular flexibility index (Phi) is 5.33. The van der Waals surface area contributed by atoms with E-state index in [4.69, 9.17) is 0 Å². The maximum atomic E-state index is 12.5. The Morgan fingerprint density at radius 1 is 1.48 bits per heavy atom. The van der Waals surface area contributed by atoms with Gasteiger partial charge in [-0.3, -0.25) is 9.78 Å². The number of hydrogen-bond donors (Lipinski definition) is 1. The van der Waals surface area contributed by atoms with E-state index in [1.165, 1.54) is 4.88 Å². The molecule has 0 aliphatic heterocycles. The molecular weight excluding hydrogens is 282 g/mol. The van der Waals surface area contributed by atoms with E-state index in [9.17, 15) is 4.79 Å². The molecule has 1 N–H and O–H groups in total. The first-order valence-electron chi connectivity index (χ1n) is 7.11.